The molecule has 0 radical (unpaired) electrons. The normalized spacial score (nSPS) is 16.3. The smallest absolute Gasteiger partial charge is 0.244 e. The number of sulfonamides is 1. The van der Waals surface area contributed by atoms with Crippen LogP contribution in [0, 0.1) is 5.92 Å². The summed E-state index contributed by atoms with van der Waals surface area (Å²) in [6.07, 6.45) is 1.68. The highest BCUT2D eigenvalue weighted by atomic mass is 35.5. The Morgan fingerprint density at radius 2 is 1.92 bits per heavy atom. The maximum absolute atomic E-state index is 12.7. The molecule has 1 aromatic carbocycles. The molecule has 0 saturated carbocycles. The fraction of sp³-hybridized carbons (Fsp3) is 0.533. The summed E-state index contributed by atoms with van der Waals surface area (Å²) in [6, 6.07) is 4.36. The van der Waals surface area contributed by atoms with E-state index in [9.17, 15) is 13.2 Å². The topological polar surface area (TPSA) is 92.5 Å². The van der Waals surface area contributed by atoms with Crippen LogP contribution in [0.4, 0.5) is 0 Å². The fourth-order valence-corrected chi connectivity index (χ4v) is 4.84. The van der Waals surface area contributed by atoms with Gasteiger partial charge in [-0.2, -0.15) is 4.31 Å². The Hall–Kier alpha value is -0.570. The van der Waals surface area contributed by atoms with Crippen molar-refractivity contribution in [3.05, 3.63) is 28.2 Å². The number of amides is 1. The van der Waals surface area contributed by atoms with Crippen LogP contribution in [0.5, 0.6) is 0 Å². The van der Waals surface area contributed by atoms with Crippen LogP contribution >= 0.6 is 35.6 Å². The number of halogens is 3. The van der Waals surface area contributed by atoms with E-state index in [1.54, 1.807) is 6.07 Å². The largest absolute Gasteiger partial charge is 0.356 e. The zero-order valence-corrected chi connectivity index (χ0v) is 16.7. The van der Waals surface area contributed by atoms with Crippen molar-refractivity contribution in [2.45, 2.75) is 24.2 Å². The van der Waals surface area contributed by atoms with Gasteiger partial charge in [0.2, 0.25) is 15.9 Å². The van der Waals surface area contributed by atoms with Crippen molar-refractivity contribution in [1.29, 1.82) is 0 Å². The highest BCUT2D eigenvalue weighted by Crippen LogP contribution is 2.30. The summed E-state index contributed by atoms with van der Waals surface area (Å²) in [6.45, 7) is 1.63. The second-order valence-electron chi connectivity index (χ2n) is 5.69. The molecule has 1 aliphatic heterocycles. The summed E-state index contributed by atoms with van der Waals surface area (Å²) in [5.41, 5.74) is 5.39. The lowest BCUT2D eigenvalue weighted by Gasteiger charge is -2.30. The Kier molecular flexibility index (Phi) is 8.94. The Morgan fingerprint density at radius 1 is 1.28 bits per heavy atom. The fourth-order valence-electron chi connectivity index (χ4n) is 2.63. The van der Waals surface area contributed by atoms with Crippen LogP contribution in [-0.2, 0) is 14.8 Å². The van der Waals surface area contributed by atoms with E-state index in [0.29, 0.717) is 31.0 Å². The number of hydrogen-bond donors (Lipinski definition) is 2. The van der Waals surface area contributed by atoms with Gasteiger partial charge in [-0.25, -0.2) is 8.42 Å². The summed E-state index contributed by atoms with van der Waals surface area (Å²) in [7, 11) is -3.72. The van der Waals surface area contributed by atoms with E-state index in [0.717, 1.165) is 6.42 Å². The Labute approximate surface area is 164 Å². The van der Waals surface area contributed by atoms with Gasteiger partial charge in [0.15, 0.2) is 0 Å². The van der Waals surface area contributed by atoms with Crippen LogP contribution in [0.3, 0.4) is 0 Å². The summed E-state index contributed by atoms with van der Waals surface area (Å²) in [4.78, 5) is 12.0. The van der Waals surface area contributed by atoms with E-state index in [-0.39, 0.29) is 47.2 Å². The number of rotatable bonds is 6. The molecule has 1 saturated heterocycles. The Bertz CT molecular complexity index is 693. The second kappa shape index (κ2) is 9.94. The molecule has 1 amide bonds. The molecule has 1 aliphatic rings. The minimum atomic E-state index is -3.72. The number of carbonyl (C=O) groups is 1. The van der Waals surface area contributed by atoms with Gasteiger partial charge < -0.3 is 11.1 Å². The molecule has 0 bridgehead atoms. The van der Waals surface area contributed by atoms with Crippen LogP contribution in [0.25, 0.3) is 0 Å². The van der Waals surface area contributed by atoms with Crippen molar-refractivity contribution in [3.63, 3.8) is 0 Å². The highest BCUT2D eigenvalue weighted by molar-refractivity contribution is 7.89. The molecule has 0 unspecified atom stereocenters. The van der Waals surface area contributed by atoms with Crippen molar-refractivity contribution in [2.24, 2.45) is 11.7 Å². The highest BCUT2D eigenvalue weighted by Gasteiger charge is 2.33. The van der Waals surface area contributed by atoms with Crippen LogP contribution in [0.1, 0.15) is 19.3 Å². The lowest BCUT2D eigenvalue weighted by molar-refractivity contribution is -0.126. The summed E-state index contributed by atoms with van der Waals surface area (Å²) < 4.78 is 26.8. The minimum absolute atomic E-state index is 0. The molecule has 142 valence electrons. The molecule has 0 atom stereocenters. The van der Waals surface area contributed by atoms with Crippen LogP contribution < -0.4 is 11.1 Å². The van der Waals surface area contributed by atoms with Gasteiger partial charge in [-0.05, 0) is 44.0 Å². The third kappa shape index (κ3) is 5.70. The van der Waals surface area contributed by atoms with Crippen LogP contribution in [0.2, 0.25) is 10.0 Å². The molecule has 25 heavy (non-hydrogen) atoms. The van der Waals surface area contributed by atoms with E-state index in [4.69, 9.17) is 28.9 Å². The predicted octanol–water partition coefficient (Wildman–Crippen LogP) is 2.28. The van der Waals surface area contributed by atoms with Crippen molar-refractivity contribution in [1.82, 2.24) is 9.62 Å². The Morgan fingerprint density at radius 3 is 2.52 bits per heavy atom. The van der Waals surface area contributed by atoms with E-state index >= 15 is 0 Å². The molecular formula is C15H22Cl3N3O3S. The SMILES string of the molecule is Cl.NCCCNC(=O)C1CCN(S(=O)(=O)c2cc(Cl)ccc2Cl)CC1. The second-order valence-corrected chi connectivity index (χ2v) is 8.44. The molecule has 1 heterocycles. The molecule has 1 fully saturated rings. The van der Waals surface area contributed by atoms with Gasteiger partial charge >= 0.3 is 0 Å². The van der Waals surface area contributed by atoms with Crippen molar-refractivity contribution in [2.75, 3.05) is 26.2 Å². The molecule has 2 rings (SSSR count). The van der Waals surface area contributed by atoms with Gasteiger partial charge in [-0.15, -0.1) is 12.4 Å². The number of carbonyl (C=O) groups excluding carboxylic acids is 1. The number of nitrogens with one attached hydrogen (secondary N) is 1. The molecule has 0 spiro atoms. The summed E-state index contributed by atoms with van der Waals surface area (Å²) in [5.74, 6) is -0.217. The van der Waals surface area contributed by atoms with Crippen molar-refractivity contribution >= 4 is 51.5 Å². The molecule has 3 N–H and O–H groups in total. The Balaban J connectivity index is 0.00000312. The number of benzene rings is 1. The number of nitrogens with two attached hydrogens (primary N) is 1. The molecular weight excluding hydrogens is 409 g/mol. The lowest BCUT2D eigenvalue weighted by atomic mass is 9.97. The average molecular weight is 431 g/mol. The van der Waals surface area contributed by atoms with Gasteiger partial charge in [-0.1, -0.05) is 23.2 Å². The van der Waals surface area contributed by atoms with Gasteiger partial charge in [0.1, 0.15) is 4.90 Å². The van der Waals surface area contributed by atoms with Crippen LogP contribution in [-0.4, -0.2) is 44.8 Å². The van der Waals surface area contributed by atoms with E-state index in [1.807, 2.05) is 0 Å². The van der Waals surface area contributed by atoms with Crippen molar-refractivity contribution in [3.8, 4) is 0 Å². The molecule has 10 heteroatoms. The van der Waals surface area contributed by atoms with Gasteiger partial charge in [0.25, 0.3) is 0 Å². The molecule has 6 nitrogen and oxygen atoms in total. The monoisotopic (exact) mass is 429 g/mol. The first-order valence-electron chi connectivity index (χ1n) is 7.79. The maximum Gasteiger partial charge on any atom is 0.244 e. The number of hydrogen-bond acceptors (Lipinski definition) is 4. The third-order valence-corrected chi connectivity index (χ3v) is 6.63. The van der Waals surface area contributed by atoms with Crippen LogP contribution in [0.15, 0.2) is 23.1 Å². The van der Waals surface area contributed by atoms with Crippen molar-refractivity contribution < 1.29 is 13.2 Å². The first-order chi connectivity index (χ1) is 11.4. The quantitative estimate of drug-likeness (QED) is 0.677. The number of nitrogens with zero attached hydrogens (tertiary/aromatic N) is 1. The maximum atomic E-state index is 12.7. The summed E-state index contributed by atoms with van der Waals surface area (Å²) in [5, 5.41) is 3.28. The first-order valence-corrected chi connectivity index (χ1v) is 9.99. The zero-order chi connectivity index (χ0) is 17.7. The van der Waals surface area contributed by atoms with E-state index in [1.165, 1.54) is 16.4 Å². The van der Waals surface area contributed by atoms with Gasteiger partial charge in [-0.3, -0.25) is 4.79 Å². The van der Waals surface area contributed by atoms with E-state index in [2.05, 4.69) is 5.32 Å². The zero-order valence-electron chi connectivity index (χ0n) is 13.6. The molecule has 0 aromatic heterocycles. The first kappa shape index (κ1) is 22.5. The molecule has 0 aliphatic carbocycles. The minimum Gasteiger partial charge on any atom is -0.356 e. The lowest BCUT2D eigenvalue weighted by Crippen LogP contribution is -2.43. The molecule has 1 aromatic rings. The summed E-state index contributed by atoms with van der Waals surface area (Å²) >= 11 is 11.9. The predicted molar refractivity (Wildman–Crippen MR) is 102 cm³/mol. The van der Waals surface area contributed by atoms with E-state index < -0.39 is 10.0 Å². The third-order valence-electron chi connectivity index (χ3n) is 4.02. The standard InChI is InChI=1S/C15H21Cl2N3O3S.ClH/c16-12-2-3-13(17)14(10-12)24(22,23)20-8-4-11(5-9-20)15(21)19-7-1-6-18;/h2-3,10-11H,1,4-9,18H2,(H,19,21);1H. The average Bonchev–Trinajstić information content (AvgIpc) is 2.57. The van der Waals surface area contributed by atoms with Gasteiger partial charge in [0.05, 0.1) is 5.02 Å². The number of piperidine rings is 1. The van der Waals surface area contributed by atoms with Gasteiger partial charge in [0, 0.05) is 30.6 Å².